The van der Waals surface area contributed by atoms with Crippen molar-refractivity contribution < 1.29 is 9.59 Å². The standard InChI is InChI=1S/C15H19ClN2O2/c1-9(2)12-5-3-10(7-13(12)16)15(20)18-11-4-6-14(19)17-8-11/h3,5,7,9,11H,4,6,8H2,1-2H3,(H,17,19)(H,18,20)/t11-/m1/s1. The molecular weight excluding hydrogens is 276 g/mol. The van der Waals surface area contributed by atoms with Crippen molar-refractivity contribution in [3.8, 4) is 0 Å². The Morgan fingerprint density at radius 1 is 1.45 bits per heavy atom. The van der Waals surface area contributed by atoms with E-state index in [0.29, 0.717) is 35.9 Å². The molecule has 1 aromatic carbocycles. The molecule has 0 bridgehead atoms. The molecule has 0 saturated carbocycles. The molecule has 1 saturated heterocycles. The Labute approximate surface area is 123 Å². The lowest BCUT2D eigenvalue weighted by molar-refractivity contribution is -0.122. The molecule has 4 nitrogen and oxygen atoms in total. The number of hydrogen-bond acceptors (Lipinski definition) is 2. The minimum atomic E-state index is -0.150. The van der Waals surface area contributed by atoms with Crippen molar-refractivity contribution in [3.63, 3.8) is 0 Å². The predicted molar refractivity (Wildman–Crippen MR) is 79.0 cm³/mol. The third-order valence-electron chi connectivity index (χ3n) is 3.49. The number of amides is 2. The van der Waals surface area contributed by atoms with E-state index in [1.807, 2.05) is 6.07 Å². The fraction of sp³-hybridized carbons (Fsp3) is 0.467. The molecule has 0 aliphatic carbocycles. The van der Waals surface area contributed by atoms with Crippen molar-refractivity contribution in [2.45, 2.75) is 38.6 Å². The van der Waals surface area contributed by atoms with Crippen LogP contribution in [0.3, 0.4) is 0 Å². The van der Waals surface area contributed by atoms with E-state index in [2.05, 4.69) is 24.5 Å². The number of piperidine rings is 1. The molecule has 0 aromatic heterocycles. The summed E-state index contributed by atoms with van der Waals surface area (Å²) >= 11 is 6.19. The maximum absolute atomic E-state index is 12.1. The summed E-state index contributed by atoms with van der Waals surface area (Å²) in [6.07, 6.45) is 1.13. The lowest BCUT2D eigenvalue weighted by Gasteiger charge is -2.23. The molecule has 20 heavy (non-hydrogen) atoms. The zero-order valence-electron chi connectivity index (χ0n) is 11.7. The summed E-state index contributed by atoms with van der Waals surface area (Å²) in [4.78, 5) is 23.2. The largest absolute Gasteiger partial charge is 0.354 e. The van der Waals surface area contributed by atoms with Crippen LogP contribution in [0.5, 0.6) is 0 Å². The molecule has 1 heterocycles. The second-order valence-electron chi connectivity index (χ2n) is 5.40. The summed E-state index contributed by atoms with van der Waals surface area (Å²) in [6, 6.07) is 5.37. The van der Waals surface area contributed by atoms with E-state index >= 15 is 0 Å². The highest BCUT2D eigenvalue weighted by atomic mass is 35.5. The first-order valence-corrected chi connectivity index (χ1v) is 7.22. The normalized spacial score (nSPS) is 18.8. The average Bonchev–Trinajstić information content (AvgIpc) is 2.40. The molecular formula is C15H19ClN2O2. The minimum Gasteiger partial charge on any atom is -0.354 e. The van der Waals surface area contributed by atoms with E-state index in [1.165, 1.54) is 0 Å². The number of hydrogen-bond donors (Lipinski definition) is 2. The zero-order valence-corrected chi connectivity index (χ0v) is 12.5. The van der Waals surface area contributed by atoms with Gasteiger partial charge in [0, 0.05) is 29.6 Å². The monoisotopic (exact) mass is 294 g/mol. The van der Waals surface area contributed by atoms with Gasteiger partial charge < -0.3 is 10.6 Å². The fourth-order valence-corrected chi connectivity index (χ4v) is 2.66. The molecule has 1 aliphatic rings. The predicted octanol–water partition coefficient (Wildman–Crippen LogP) is 2.47. The van der Waals surface area contributed by atoms with E-state index in [0.717, 1.165) is 5.56 Å². The molecule has 1 fully saturated rings. The summed E-state index contributed by atoms with van der Waals surface area (Å²) in [6.45, 7) is 4.61. The number of benzene rings is 1. The van der Waals surface area contributed by atoms with Crippen LogP contribution >= 0.6 is 11.6 Å². The van der Waals surface area contributed by atoms with Crippen molar-refractivity contribution in [1.82, 2.24) is 10.6 Å². The first-order chi connectivity index (χ1) is 9.47. The molecule has 5 heteroatoms. The van der Waals surface area contributed by atoms with Gasteiger partial charge in [0.25, 0.3) is 5.91 Å². The fourth-order valence-electron chi connectivity index (χ4n) is 2.26. The van der Waals surface area contributed by atoms with Gasteiger partial charge in [-0.05, 0) is 30.0 Å². The van der Waals surface area contributed by atoms with Gasteiger partial charge in [-0.25, -0.2) is 0 Å². The summed E-state index contributed by atoms with van der Waals surface area (Å²) < 4.78 is 0. The Morgan fingerprint density at radius 3 is 2.75 bits per heavy atom. The molecule has 0 unspecified atom stereocenters. The third-order valence-corrected chi connectivity index (χ3v) is 3.81. The van der Waals surface area contributed by atoms with E-state index in [1.54, 1.807) is 12.1 Å². The van der Waals surface area contributed by atoms with E-state index in [4.69, 9.17) is 11.6 Å². The van der Waals surface area contributed by atoms with Crippen LogP contribution in [0.25, 0.3) is 0 Å². The van der Waals surface area contributed by atoms with Crippen LogP contribution in [0.15, 0.2) is 18.2 Å². The molecule has 2 rings (SSSR count). The molecule has 2 N–H and O–H groups in total. The van der Waals surface area contributed by atoms with Gasteiger partial charge in [0.2, 0.25) is 5.91 Å². The van der Waals surface area contributed by atoms with Crippen molar-refractivity contribution in [2.24, 2.45) is 0 Å². The van der Waals surface area contributed by atoms with Crippen LogP contribution in [-0.4, -0.2) is 24.4 Å². The summed E-state index contributed by atoms with van der Waals surface area (Å²) in [5.41, 5.74) is 1.59. The van der Waals surface area contributed by atoms with Crippen molar-refractivity contribution in [2.75, 3.05) is 6.54 Å². The van der Waals surface area contributed by atoms with Gasteiger partial charge in [0.05, 0.1) is 0 Å². The second-order valence-corrected chi connectivity index (χ2v) is 5.81. The molecule has 1 atom stereocenters. The number of nitrogens with one attached hydrogen (secondary N) is 2. The van der Waals surface area contributed by atoms with Crippen LogP contribution in [0, 0.1) is 0 Å². The van der Waals surface area contributed by atoms with E-state index in [-0.39, 0.29) is 17.9 Å². The van der Waals surface area contributed by atoms with Gasteiger partial charge in [0.1, 0.15) is 0 Å². The second kappa shape index (κ2) is 6.27. The topological polar surface area (TPSA) is 58.2 Å². The molecule has 1 aliphatic heterocycles. The van der Waals surface area contributed by atoms with Gasteiger partial charge in [0.15, 0.2) is 0 Å². The number of rotatable bonds is 3. The van der Waals surface area contributed by atoms with Crippen molar-refractivity contribution >= 4 is 23.4 Å². The summed E-state index contributed by atoms with van der Waals surface area (Å²) in [7, 11) is 0. The molecule has 108 valence electrons. The van der Waals surface area contributed by atoms with Crippen molar-refractivity contribution in [1.29, 1.82) is 0 Å². The van der Waals surface area contributed by atoms with Crippen LogP contribution in [-0.2, 0) is 4.79 Å². The lowest BCUT2D eigenvalue weighted by atomic mass is 10.0. The summed E-state index contributed by atoms with van der Waals surface area (Å²) in [5, 5.41) is 6.28. The highest BCUT2D eigenvalue weighted by Gasteiger charge is 2.20. The number of carbonyl (C=O) groups is 2. The Bertz CT molecular complexity index is 519. The SMILES string of the molecule is CC(C)c1ccc(C(=O)N[C@@H]2CCC(=O)NC2)cc1Cl. The molecule has 2 amide bonds. The van der Waals surface area contributed by atoms with E-state index < -0.39 is 0 Å². The Kier molecular flexibility index (Phi) is 4.65. The maximum atomic E-state index is 12.1. The maximum Gasteiger partial charge on any atom is 0.251 e. The number of halogens is 1. The molecule has 1 aromatic rings. The molecule has 0 radical (unpaired) electrons. The van der Waals surface area contributed by atoms with Gasteiger partial charge in [-0.1, -0.05) is 31.5 Å². The number of carbonyl (C=O) groups excluding carboxylic acids is 2. The average molecular weight is 295 g/mol. The smallest absolute Gasteiger partial charge is 0.251 e. The van der Waals surface area contributed by atoms with E-state index in [9.17, 15) is 9.59 Å². The lowest BCUT2D eigenvalue weighted by Crippen LogP contribution is -2.47. The van der Waals surface area contributed by atoms with Gasteiger partial charge in [-0.3, -0.25) is 9.59 Å². The van der Waals surface area contributed by atoms with Crippen LogP contribution in [0.1, 0.15) is 48.5 Å². The van der Waals surface area contributed by atoms with Crippen LogP contribution in [0.2, 0.25) is 5.02 Å². The minimum absolute atomic E-state index is 0.0104. The van der Waals surface area contributed by atoms with Crippen molar-refractivity contribution in [3.05, 3.63) is 34.3 Å². The Morgan fingerprint density at radius 2 is 2.20 bits per heavy atom. The first kappa shape index (κ1) is 14.9. The van der Waals surface area contributed by atoms with Gasteiger partial charge >= 0.3 is 0 Å². The van der Waals surface area contributed by atoms with Gasteiger partial charge in [-0.15, -0.1) is 0 Å². The summed E-state index contributed by atoms with van der Waals surface area (Å²) in [5.74, 6) is 0.219. The third kappa shape index (κ3) is 3.51. The first-order valence-electron chi connectivity index (χ1n) is 6.84. The van der Waals surface area contributed by atoms with Crippen LogP contribution < -0.4 is 10.6 Å². The molecule has 0 spiro atoms. The highest BCUT2D eigenvalue weighted by molar-refractivity contribution is 6.31. The Hall–Kier alpha value is -1.55. The highest BCUT2D eigenvalue weighted by Crippen LogP contribution is 2.25. The van der Waals surface area contributed by atoms with Gasteiger partial charge in [-0.2, -0.15) is 0 Å². The van der Waals surface area contributed by atoms with Crippen LogP contribution in [0.4, 0.5) is 0 Å². The Balaban J connectivity index is 2.02. The zero-order chi connectivity index (χ0) is 14.7. The quantitative estimate of drug-likeness (QED) is 0.900.